The van der Waals surface area contributed by atoms with Crippen LogP contribution in [0.1, 0.15) is 17.3 Å². The zero-order valence-corrected chi connectivity index (χ0v) is 10.9. The number of halogens is 3. The fourth-order valence-corrected chi connectivity index (χ4v) is 2.17. The van der Waals surface area contributed by atoms with Crippen LogP contribution in [-0.2, 0) is 15.7 Å². The molecular weight excluding hydrogens is 273 g/mol. The van der Waals surface area contributed by atoms with Gasteiger partial charge in [-0.15, -0.1) is 0 Å². The minimum Gasteiger partial charge on any atom is -0.383 e. The summed E-state index contributed by atoms with van der Waals surface area (Å²) >= 11 is 0. The van der Waals surface area contributed by atoms with Gasteiger partial charge in [0, 0.05) is 13.7 Å². The first-order valence-corrected chi connectivity index (χ1v) is 6.12. The van der Waals surface area contributed by atoms with Crippen molar-refractivity contribution in [1.29, 1.82) is 0 Å². The lowest BCUT2D eigenvalue weighted by atomic mass is 10.1. The molecule has 1 heterocycles. The number of nitrogens with zero attached hydrogens (tertiary/aromatic N) is 1. The Labute approximate surface area is 114 Å². The van der Waals surface area contributed by atoms with E-state index in [2.05, 4.69) is 5.32 Å². The number of alkyl halides is 3. The summed E-state index contributed by atoms with van der Waals surface area (Å²) < 4.78 is 43.0. The predicted octanol–water partition coefficient (Wildman–Crippen LogP) is 1.78. The Balaban J connectivity index is 2.24. The number of hydrogen-bond donors (Lipinski definition) is 1. The number of benzene rings is 1. The largest absolute Gasteiger partial charge is 0.416 e. The molecule has 1 unspecified atom stereocenters. The van der Waals surface area contributed by atoms with E-state index < -0.39 is 17.9 Å². The van der Waals surface area contributed by atoms with E-state index in [9.17, 15) is 18.0 Å². The number of carbonyl (C=O) groups is 1. The zero-order chi connectivity index (χ0) is 14.8. The molecule has 0 aromatic heterocycles. The molecule has 2 rings (SSSR count). The van der Waals surface area contributed by atoms with Crippen molar-refractivity contribution in [2.24, 2.45) is 0 Å². The molecule has 1 saturated heterocycles. The Kier molecular flexibility index (Phi) is 4.29. The van der Waals surface area contributed by atoms with Crippen LogP contribution in [0.15, 0.2) is 24.3 Å². The quantitative estimate of drug-likeness (QED) is 0.918. The molecule has 110 valence electrons. The molecule has 4 nitrogen and oxygen atoms in total. The van der Waals surface area contributed by atoms with Crippen LogP contribution in [-0.4, -0.2) is 37.6 Å². The Hall–Kier alpha value is -1.60. The van der Waals surface area contributed by atoms with Gasteiger partial charge in [-0.2, -0.15) is 13.2 Å². The summed E-state index contributed by atoms with van der Waals surface area (Å²) in [5, 5.41) is 2.91. The monoisotopic (exact) mass is 288 g/mol. The number of amides is 1. The van der Waals surface area contributed by atoms with Crippen molar-refractivity contribution in [2.45, 2.75) is 12.3 Å². The van der Waals surface area contributed by atoms with E-state index in [0.29, 0.717) is 18.7 Å². The third-order valence-electron chi connectivity index (χ3n) is 3.14. The smallest absolute Gasteiger partial charge is 0.383 e. The van der Waals surface area contributed by atoms with Gasteiger partial charge < -0.3 is 9.64 Å². The summed E-state index contributed by atoms with van der Waals surface area (Å²) in [5.41, 5.74) is -0.301. The van der Waals surface area contributed by atoms with E-state index in [1.165, 1.54) is 18.1 Å². The Morgan fingerprint density at radius 2 is 2.20 bits per heavy atom. The standard InChI is InChI=1S/C13H15F3N2O2/c1-20-6-5-18-11(19)8-17-12(18)9-3-2-4-10(7-9)13(14,15)16/h2-4,7,12,17H,5-6,8H2,1H3. The molecule has 1 aliphatic rings. The first-order valence-electron chi connectivity index (χ1n) is 6.12. The third-order valence-corrected chi connectivity index (χ3v) is 3.14. The molecule has 0 bridgehead atoms. The molecule has 0 spiro atoms. The highest BCUT2D eigenvalue weighted by atomic mass is 19.4. The summed E-state index contributed by atoms with van der Waals surface area (Å²) in [6.45, 7) is 0.788. The highest BCUT2D eigenvalue weighted by Gasteiger charge is 2.34. The van der Waals surface area contributed by atoms with Crippen LogP contribution in [0, 0.1) is 0 Å². The number of hydrogen-bond acceptors (Lipinski definition) is 3. The fraction of sp³-hybridized carbons (Fsp3) is 0.462. The van der Waals surface area contributed by atoms with Gasteiger partial charge >= 0.3 is 6.18 Å². The summed E-state index contributed by atoms with van der Waals surface area (Å²) in [4.78, 5) is 13.2. The van der Waals surface area contributed by atoms with Crippen molar-refractivity contribution in [2.75, 3.05) is 26.8 Å². The van der Waals surface area contributed by atoms with E-state index in [4.69, 9.17) is 4.74 Å². The molecule has 7 heteroatoms. The van der Waals surface area contributed by atoms with Crippen LogP contribution in [0.5, 0.6) is 0 Å². The van der Waals surface area contributed by atoms with Gasteiger partial charge in [-0.25, -0.2) is 0 Å². The first-order chi connectivity index (χ1) is 9.43. The molecule has 0 saturated carbocycles. The Bertz CT molecular complexity index is 491. The van der Waals surface area contributed by atoms with E-state index in [1.807, 2.05) is 0 Å². The summed E-state index contributed by atoms with van der Waals surface area (Å²) in [7, 11) is 1.51. The third kappa shape index (κ3) is 3.10. The van der Waals surface area contributed by atoms with Gasteiger partial charge in [-0.05, 0) is 17.7 Å². The van der Waals surface area contributed by atoms with E-state index >= 15 is 0 Å². The summed E-state index contributed by atoms with van der Waals surface area (Å²) in [6, 6.07) is 5.00. The zero-order valence-electron chi connectivity index (χ0n) is 10.9. The maximum atomic E-state index is 12.7. The Morgan fingerprint density at radius 1 is 1.45 bits per heavy atom. The molecular formula is C13H15F3N2O2. The van der Waals surface area contributed by atoms with E-state index in [0.717, 1.165) is 12.1 Å². The van der Waals surface area contributed by atoms with Crippen LogP contribution < -0.4 is 5.32 Å². The molecule has 1 N–H and O–H groups in total. The van der Waals surface area contributed by atoms with Crippen LogP contribution in [0.4, 0.5) is 13.2 Å². The number of nitrogens with one attached hydrogen (secondary N) is 1. The molecule has 1 aliphatic heterocycles. The molecule has 1 aromatic carbocycles. The van der Waals surface area contributed by atoms with Gasteiger partial charge in [-0.3, -0.25) is 10.1 Å². The average Bonchev–Trinajstić information content (AvgIpc) is 2.77. The first kappa shape index (κ1) is 14.8. The van der Waals surface area contributed by atoms with Crippen molar-refractivity contribution < 1.29 is 22.7 Å². The number of carbonyl (C=O) groups excluding carboxylic acids is 1. The van der Waals surface area contributed by atoms with E-state index in [1.54, 1.807) is 6.07 Å². The van der Waals surface area contributed by atoms with Crippen molar-refractivity contribution in [1.82, 2.24) is 10.2 Å². The molecule has 0 radical (unpaired) electrons. The minimum absolute atomic E-state index is 0.116. The Morgan fingerprint density at radius 3 is 2.85 bits per heavy atom. The molecule has 20 heavy (non-hydrogen) atoms. The minimum atomic E-state index is -4.39. The molecule has 1 fully saturated rings. The highest BCUT2D eigenvalue weighted by Crippen LogP contribution is 2.32. The lowest BCUT2D eigenvalue weighted by Crippen LogP contribution is -2.33. The molecule has 1 atom stereocenters. The second kappa shape index (κ2) is 5.80. The number of rotatable bonds is 4. The summed E-state index contributed by atoms with van der Waals surface area (Å²) in [5.74, 6) is -0.149. The van der Waals surface area contributed by atoms with Crippen molar-refractivity contribution >= 4 is 5.91 Å². The lowest BCUT2D eigenvalue weighted by Gasteiger charge is -2.25. The second-order valence-electron chi connectivity index (χ2n) is 4.49. The van der Waals surface area contributed by atoms with Gasteiger partial charge in [0.1, 0.15) is 6.17 Å². The SMILES string of the molecule is COCCN1C(=O)CNC1c1cccc(C(F)(F)F)c1. The number of ether oxygens (including phenoxy) is 1. The molecule has 0 aliphatic carbocycles. The van der Waals surface area contributed by atoms with Gasteiger partial charge in [0.05, 0.1) is 18.7 Å². The van der Waals surface area contributed by atoms with Crippen molar-refractivity contribution in [3.05, 3.63) is 35.4 Å². The fourth-order valence-electron chi connectivity index (χ4n) is 2.17. The average molecular weight is 288 g/mol. The maximum absolute atomic E-state index is 12.7. The van der Waals surface area contributed by atoms with Crippen molar-refractivity contribution in [3.63, 3.8) is 0 Å². The van der Waals surface area contributed by atoms with Gasteiger partial charge in [0.25, 0.3) is 0 Å². The summed E-state index contributed by atoms with van der Waals surface area (Å²) in [6.07, 6.45) is -4.93. The second-order valence-corrected chi connectivity index (χ2v) is 4.49. The van der Waals surface area contributed by atoms with Crippen LogP contribution in [0.25, 0.3) is 0 Å². The van der Waals surface area contributed by atoms with Gasteiger partial charge in [0.2, 0.25) is 5.91 Å². The highest BCUT2D eigenvalue weighted by molar-refractivity contribution is 5.80. The normalized spacial score (nSPS) is 19.7. The number of methoxy groups -OCH3 is 1. The van der Waals surface area contributed by atoms with Gasteiger partial charge in [0.15, 0.2) is 0 Å². The predicted molar refractivity (Wildman–Crippen MR) is 65.8 cm³/mol. The molecule has 1 amide bonds. The van der Waals surface area contributed by atoms with Crippen LogP contribution in [0.3, 0.4) is 0 Å². The maximum Gasteiger partial charge on any atom is 0.416 e. The van der Waals surface area contributed by atoms with Gasteiger partial charge in [-0.1, -0.05) is 12.1 Å². The van der Waals surface area contributed by atoms with Crippen LogP contribution in [0.2, 0.25) is 0 Å². The topological polar surface area (TPSA) is 41.6 Å². The van der Waals surface area contributed by atoms with Crippen molar-refractivity contribution in [3.8, 4) is 0 Å². The lowest BCUT2D eigenvalue weighted by molar-refractivity contribution is -0.137. The molecule has 1 aromatic rings. The van der Waals surface area contributed by atoms with E-state index in [-0.39, 0.29) is 12.5 Å². The van der Waals surface area contributed by atoms with Crippen LogP contribution >= 0.6 is 0 Å².